The highest BCUT2D eigenvalue weighted by Gasteiger charge is 2.48. The first kappa shape index (κ1) is 51.1. The van der Waals surface area contributed by atoms with Crippen LogP contribution in [-0.2, 0) is 38.3 Å². The average molecular weight is 797 g/mol. The molecule has 0 aromatic heterocycles. The fraction of sp³-hybridized carbons (Fsp3) is 0.976. The number of aliphatic hydroxyl groups is 3. The lowest BCUT2D eigenvalue weighted by molar-refractivity contribution is -0.301. The normalized spacial score (nSPS) is 21.0. The number of aliphatic hydroxyl groups excluding tert-OH is 3. The minimum absolute atomic E-state index is 0.0404. The van der Waals surface area contributed by atoms with Crippen molar-refractivity contribution in [2.24, 2.45) is 0 Å². The number of unbranched alkanes of at least 4 members (excludes halogenated alkanes) is 25. The minimum atomic E-state index is -5.04. The molecule has 1 rings (SSSR count). The Balaban J connectivity index is 2.15. The van der Waals surface area contributed by atoms with Gasteiger partial charge in [0.25, 0.3) is 0 Å². The summed E-state index contributed by atoms with van der Waals surface area (Å²) in [6.45, 7) is 3.82. The van der Waals surface area contributed by atoms with E-state index in [4.69, 9.17) is 23.5 Å². The van der Waals surface area contributed by atoms with Gasteiger partial charge < -0.3 is 34.3 Å². The average Bonchev–Trinajstić information content (AvgIpc) is 3.14. The van der Waals surface area contributed by atoms with E-state index < -0.39 is 59.8 Å². The Labute approximate surface area is 328 Å². The summed E-state index contributed by atoms with van der Waals surface area (Å²) >= 11 is 0. The molecule has 322 valence electrons. The predicted octanol–water partition coefficient (Wildman–Crippen LogP) is 8.52. The monoisotopic (exact) mass is 797 g/mol. The molecule has 1 aliphatic heterocycles. The Morgan fingerprint density at radius 1 is 0.630 bits per heavy atom. The number of esters is 1. The highest BCUT2D eigenvalue weighted by molar-refractivity contribution is 7.80. The second-order valence-corrected chi connectivity index (χ2v) is 16.4. The topological polar surface area (TPSA) is 178 Å². The molecule has 13 heteroatoms. The van der Waals surface area contributed by atoms with Crippen molar-refractivity contribution in [1.29, 1.82) is 0 Å². The van der Waals surface area contributed by atoms with Crippen LogP contribution in [0.4, 0.5) is 0 Å². The Kier molecular flexibility index (Phi) is 32.3. The van der Waals surface area contributed by atoms with Crippen LogP contribution in [0.2, 0.25) is 0 Å². The maximum atomic E-state index is 12.4. The van der Waals surface area contributed by atoms with Gasteiger partial charge in [-0.05, 0) is 12.8 Å². The molecule has 4 N–H and O–H groups in total. The molecule has 0 radical (unpaired) electrons. The van der Waals surface area contributed by atoms with Crippen LogP contribution in [0.3, 0.4) is 0 Å². The maximum absolute atomic E-state index is 12.4. The number of ether oxygens (including phenoxy) is 4. The van der Waals surface area contributed by atoms with Crippen LogP contribution in [0, 0.1) is 0 Å². The molecule has 0 aromatic rings. The van der Waals surface area contributed by atoms with Crippen LogP contribution >= 0.6 is 0 Å². The zero-order chi connectivity index (χ0) is 39.7. The molecule has 0 aromatic carbocycles. The van der Waals surface area contributed by atoms with Gasteiger partial charge in [0.2, 0.25) is 0 Å². The summed E-state index contributed by atoms with van der Waals surface area (Å²) in [6, 6.07) is 0. The van der Waals surface area contributed by atoms with Crippen molar-refractivity contribution < 1.29 is 56.2 Å². The van der Waals surface area contributed by atoms with Gasteiger partial charge in [0.1, 0.15) is 30.5 Å². The molecular weight excluding hydrogens is 717 g/mol. The lowest BCUT2D eigenvalue weighted by Gasteiger charge is -2.41. The van der Waals surface area contributed by atoms with Crippen LogP contribution in [0.5, 0.6) is 0 Å². The molecule has 1 aliphatic rings. The fourth-order valence-electron chi connectivity index (χ4n) is 6.91. The number of carbonyl (C=O) groups is 1. The van der Waals surface area contributed by atoms with Crippen molar-refractivity contribution in [1.82, 2.24) is 0 Å². The largest absolute Gasteiger partial charge is 0.457 e. The van der Waals surface area contributed by atoms with Crippen LogP contribution in [0.1, 0.15) is 194 Å². The standard InChI is InChI=1S/C41H80O12S/c1-3-5-7-8-9-10-11-12-13-14-15-16-17-18-19-20-21-22-23-24-25-26-27-29-31-49-33-35(51-37(43)30-28-6-4-2)34-50-41-39(45)40(53-54(46,47)48)38(44)36(32-42)52-41/h35-36,38-42,44-45H,3-34H2,1-2H3,(H,46,47,48). The van der Waals surface area contributed by atoms with E-state index in [1.54, 1.807) is 0 Å². The molecule has 0 aliphatic carbocycles. The first-order chi connectivity index (χ1) is 26.1. The van der Waals surface area contributed by atoms with Gasteiger partial charge in [-0.1, -0.05) is 174 Å². The zero-order valence-electron chi connectivity index (χ0n) is 34.1. The van der Waals surface area contributed by atoms with E-state index in [2.05, 4.69) is 11.1 Å². The Morgan fingerprint density at radius 2 is 1.06 bits per heavy atom. The molecule has 54 heavy (non-hydrogen) atoms. The van der Waals surface area contributed by atoms with E-state index in [1.165, 1.54) is 135 Å². The van der Waals surface area contributed by atoms with Crippen molar-refractivity contribution in [3.63, 3.8) is 0 Å². The van der Waals surface area contributed by atoms with Gasteiger partial charge in [0.05, 0.1) is 19.8 Å². The van der Waals surface area contributed by atoms with Crippen molar-refractivity contribution in [3.8, 4) is 0 Å². The molecule has 6 atom stereocenters. The molecule has 0 amide bonds. The molecule has 0 saturated carbocycles. The van der Waals surface area contributed by atoms with Crippen molar-refractivity contribution in [2.75, 3.05) is 26.4 Å². The predicted molar refractivity (Wildman–Crippen MR) is 211 cm³/mol. The van der Waals surface area contributed by atoms with Crippen LogP contribution in [0.15, 0.2) is 0 Å². The van der Waals surface area contributed by atoms with Crippen molar-refractivity contribution >= 4 is 16.4 Å². The second kappa shape index (κ2) is 34.2. The number of hydrogen-bond donors (Lipinski definition) is 4. The Bertz CT molecular complexity index is 968. The maximum Gasteiger partial charge on any atom is 0.397 e. The van der Waals surface area contributed by atoms with E-state index in [-0.39, 0.29) is 19.6 Å². The zero-order valence-corrected chi connectivity index (χ0v) is 34.9. The lowest BCUT2D eigenvalue weighted by Crippen LogP contribution is -2.60. The molecule has 6 unspecified atom stereocenters. The van der Waals surface area contributed by atoms with E-state index >= 15 is 0 Å². The van der Waals surface area contributed by atoms with Gasteiger partial charge in [-0.3, -0.25) is 9.35 Å². The van der Waals surface area contributed by atoms with Crippen LogP contribution in [0.25, 0.3) is 0 Å². The summed E-state index contributed by atoms with van der Waals surface area (Å²) in [4.78, 5) is 12.4. The van der Waals surface area contributed by atoms with Gasteiger partial charge in [0.15, 0.2) is 6.29 Å². The number of carbonyl (C=O) groups excluding carboxylic acids is 1. The second-order valence-electron chi connectivity index (χ2n) is 15.3. The van der Waals surface area contributed by atoms with Gasteiger partial charge in [-0.25, -0.2) is 4.18 Å². The third kappa shape index (κ3) is 27.7. The minimum Gasteiger partial charge on any atom is -0.457 e. The Morgan fingerprint density at radius 3 is 1.48 bits per heavy atom. The van der Waals surface area contributed by atoms with E-state index in [0.29, 0.717) is 13.0 Å². The van der Waals surface area contributed by atoms with Gasteiger partial charge in [-0.2, -0.15) is 8.42 Å². The molecule has 12 nitrogen and oxygen atoms in total. The Hall–Kier alpha value is -0.900. The van der Waals surface area contributed by atoms with Gasteiger partial charge in [0, 0.05) is 13.0 Å². The summed E-state index contributed by atoms with van der Waals surface area (Å²) in [5.74, 6) is -0.420. The summed E-state index contributed by atoms with van der Waals surface area (Å²) < 4.78 is 58.4. The molecule has 1 fully saturated rings. The highest BCUT2D eigenvalue weighted by Crippen LogP contribution is 2.26. The fourth-order valence-corrected chi connectivity index (χ4v) is 7.42. The molecule has 0 spiro atoms. The third-order valence-corrected chi connectivity index (χ3v) is 10.7. The van der Waals surface area contributed by atoms with Crippen molar-refractivity contribution in [2.45, 2.75) is 230 Å². The van der Waals surface area contributed by atoms with Crippen LogP contribution < -0.4 is 0 Å². The summed E-state index contributed by atoms with van der Waals surface area (Å²) in [6.07, 6.45) is 25.5. The van der Waals surface area contributed by atoms with Crippen LogP contribution in [-0.4, -0.2) is 97.5 Å². The lowest BCUT2D eigenvalue weighted by atomic mass is 9.99. The number of rotatable bonds is 38. The number of hydrogen-bond acceptors (Lipinski definition) is 11. The SMILES string of the molecule is CCCCCCCCCCCCCCCCCCCCCCCCCCOCC(COC1OC(CO)C(O)C(OS(=O)(=O)O)C1O)OC(=O)CCCCC. The van der Waals surface area contributed by atoms with Crippen molar-refractivity contribution in [3.05, 3.63) is 0 Å². The first-order valence-corrected chi connectivity index (χ1v) is 23.2. The highest BCUT2D eigenvalue weighted by atomic mass is 32.3. The van der Waals surface area contributed by atoms with Gasteiger partial charge in [-0.15, -0.1) is 0 Å². The van der Waals surface area contributed by atoms with E-state index in [9.17, 15) is 28.5 Å². The summed E-state index contributed by atoms with van der Waals surface area (Å²) in [7, 11) is -5.04. The van der Waals surface area contributed by atoms with Gasteiger partial charge >= 0.3 is 16.4 Å². The van der Waals surface area contributed by atoms with E-state index in [0.717, 1.165) is 32.1 Å². The molecular formula is C41H80O12S. The van der Waals surface area contributed by atoms with E-state index in [1.807, 2.05) is 6.92 Å². The molecule has 0 bridgehead atoms. The summed E-state index contributed by atoms with van der Waals surface area (Å²) in [5.41, 5.74) is 0. The quantitative estimate of drug-likeness (QED) is 0.0266. The summed E-state index contributed by atoms with van der Waals surface area (Å²) in [5, 5.41) is 30.4. The smallest absolute Gasteiger partial charge is 0.397 e. The third-order valence-electron chi connectivity index (χ3n) is 10.2. The molecule has 1 heterocycles. The first-order valence-electron chi connectivity index (χ1n) is 21.8. The molecule has 1 saturated heterocycles.